The second-order valence-corrected chi connectivity index (χ2v) is 5.84. The first-order valence-electron chi connectivity index (χ1n) is 7.67. The molecule has 122 valence electrons. The summed E-state index contributed by atoms with van der Waals surface area (Å²) in [7, 11) is 0. The van der Waals surface area contributed by atoms with Crippen LogP contribution >= 0.6 is 0 Å². The summed E-state index contributed by atoms with van der Waals surface area (Å²) < 4.78 is 0. The van der Waals surface area contributed by atoms with Crippen molar-refractivity contribution < 1.29 is 14.5 Å². The first-order valence-corrected chi connectivity index (χ1v) is 7.67. The van der Waals surface area contributed by atoms with Crippen molar-refractivity contribution in [3.63, 3.8) is 0 Å². The van der Waals surface area contributed by atoms with Crippen molar-refractivity contribution in [3.8, 4) is 0 Å². The van der Waals surface area contributed by atoms with Crippen LogP contribution in [0.25, 0.3) is 10.8 Å². The van der Waals surface area contributed by atoms with Gasteiger partial charge in [-0.25, -0.2) is 0 Å². The first kappa shape index (κ1) is 15.0. The fourth-order valence-electron chi connectivity index (χ4n) is 3.16. The summed E-state index contributed by atoms with van der Waals surface area (Å²) in [6, 6.07) is 16.8. The van der Waals surface area contributed by atoms with Gasteiger partial charge in [0.15, 0.2) is 0 Å². The normalized spacial score (nSPS) is 13.4. The fraction of sp³-hybridized carbons (Fsp3) is 0.0526. The molecule has 0 spiro atoms. The zero-order valence-electron chi connectivity index (χ0n) is 13.0. The third kappa shape index (κ3) is 2.35. The number of hydrogen-bond donors (Lipinski definition) is 0. The summed E-state index contributed by atoms with van der Waals surface area (Å²) in [6.07, 6.45) is 0. The number of benzene rings is 3. The molecule has 0 aliphatic carbocycles. The number of imide groups is 1. The Kier molecular flexibility index (Phi) is 3.32. The van der Waals surface area contributed by atoms with Crippen molar-refractivity contribution in [1.82, 2.24) is 4.90 Å². The number of hydrogen-bond acceptors (Lipinski definition) is 4. The van der Waals surface area contributed by atoms with Crippen LogP contribution in [0.4, 0.5) is 5.69 Å². The van der Waals surface area contributed by atoms with E-state index in [-0.39, 0.29) is 23.7 Å². The second-order valence-electron chi connectivity index (χ2n) is 5.84. The average Bonchev–Trinajstić information content (AvgIpc) is 2.63. The Balaban J connectivity index is 1.89. The lowest BCUT2D eigenvalue weighted by Gasteiger charge is -2.27. The molecule has 0 radical (unpaired) electrons. The highest BCUT2D eigenvalue weighted by Crippen LogP contribution is 2.33. The molecule has 25 heavy (non-hydrogen) atoms. The third-order valence-corrected chi connectivity index (χ3v) is 4.31. The monoisotopic (exact) mass is 332 g/mol. The number of carbonyl (C=O) groups excluding carboxylic acids is 2. The lowest BCUT2D eigenvalue weighted by molar-refractivity contribution is -0.384. The molecule has 3 aromatic carbocycles. The largest absolute Gasteiger partial charge is 0.270 e. The van der Waals surface area contributed by atoms with Gasteiger partial charge in [-0.3, -0.25) is 24.6 Å². The lowest BCUT2D eigenvalue weighted by atomic mass is 9.93. The molecule has 4 rings (SSSR count). The molecule has 0 unspecified atom stereocenters. The maximum absolute atomic E-state index is 12.9. The van der Waals surface area contributed by atoms with Gasteiger partial charge in [0, 0.05) is 23.1 Å². The Morgan fingerprint density at radius 2 is 1.60 bits per heavy atom. The van der Waals surface area contributed by atoms with Gasteiger partial charge in [-0.1, -0.05) is 42.5 Å². The van der Waals surface area contributed by atoms with Crippen LogP contribution in [0.1, 0.15) is 26.3 Å². The van der Waals surface area contributed by atoms with E-state index in [9.17, 15) is 19.7 Å². The minimum absolute atomic E-state index is 0.122. The minimum Gasteiger partial charge on any atom is -0.270 e. The molecule has 0 aromatic heterocycles. The van der Waals surface area contributed by atoms with Gasteiger partial charge in [-0.05, 0) is 17.0 Å². The predicted molar refractivity (Wildman–Crippen MR) is 91.2 cm³/mol. The highest BCUT2D eigenvalue weighted by atomic mass is 16.6. The van der Waals surface area contributed by atoms with Gasteiger partial charge >= 0.3 is 0 Å². The number of non-ortho nitro benzene ring substituents is 1. The summed E-state index contributed by atoms with van der Waals surface area (Å²) >= 11 is 0. The number of carbonyl (C=O) groups is 2. The van der Waals surface area contributed by atoms with Crippen LogP contribution in [0.2, 0.25) is 0 Å². The molecule has 1 heterocycles. The first-order chi connectivity index (χ1) is 12.1. The Morgan fingerprint density at radius 3 is 2.32 bits per heavy atom. The standard InChI is InChI=1S/C19H12N2O4/c22-18-15-8-4-7-13-9-14(21(24)25)10-16(17(13)15)19(23)20(18)11-12-5-2-1-3-6-12/h1-10H,11H2. The molecule has 0 atom stereocenters. The van der Waals surface area contributed by atoms with Gasteiger partial charge < -0.3 is 0 Å². The maximum atomic E-state index is 12.9. The molecule has 6 heteroatoms. The molecule has 1 aliphatic rings. The van der Waals surface area contributed by atoms with Crippen LogP contribution < -0.4 is 0 Å². The van der Waals surface area contributed by atoms with E-state index in [1.165, 1.54) is 12.1 Å². The summed E-state index contributed by atoms with van der Waals surface area (Å²) in [6.45, 7) is 0.122. The van der Waals surface area contributed by atoms with Crippen molar-refractivity contribution in [2.45, 2.75) is 6.54 Å². The Bertz CT molecular complexity index is 1040. The van der Waals surface area contributed by atoms with Crippen LogP contribution in [0.3, 0.4) is 0 Å². The van der Waals surface area contributed by atoms with Crippen LogP contribution in [0, 0.1) is 10.1 Å². The molecule has 1 aliphatic heterocycles. The van der Waals surface area contributed by atoms with Gasteiger partial charge in [0.2, 0.25) is 0 Å². The fourth-order valence-corrected chi connectivity index (χ4v) is 3.16. The molecule has 0 bridgehead atoms. The molecule has 2 amide bonds. The molecular weight excluding hydrogens is 320 g/mol. The molecule has 0 saturated heterocycles. The Morgan fingerprint density at radius 1 is 0.880 bits per heavy atom. The molecule has 0 fully saturated rings. The average molecular weight is 332 g/mol. The van der Waals surface area contributed by atoms with Crippen molar-refractivity contribution in [1.29, 1.82) is 0 Å². The Hall–Kier alpha value is -3.54. The maximum Gasteiger partial charge on any atom is 0.270 e. The van der Waals surface area contributed by atoms with Crippen LogP contribution in [0.5, 0.6) is 0 Å². The van der Waals surface area contributed by atoms with E-state index < -0.39 is 10.8 Å². The van der Waals surface area contributed by atoms with Crippen molar-refractivity contribution >= 4 is 28.3 Å². The van der Waals surface area contributed by atoms with Gasteiger partial charge in [0.1, 0.15) is 0 Å². The summed E-state index contributed by atoms with van der Waals surface area (Å²) in [5, 5.41) is 12.2. The topological polar surface area (TPSA) is 80.5 Å². The van der Waals surface area contributed by atoms with Crippen molar-refractivity contribution in [2.24, 2.45) is 0 Å². The second kappa shape index (κ2) is 5.52. The Labute approximate surface area is 142 Å². The molecule has 3 aromatic rings. The van der Waals surface area contributed by atoms with E-state index in [1.807, 2.05) is 30.3 Å². The van der Waals surface area contributed by atoms with Gasteiger partial charge in [0.25, 0.3) is 17.5 Å². The number of nitrogens with zero attached hydrogens (tertiary/aromatic N) is 2. The SMILES string of the molecule is O=C1c2cccc3cc([N+](=O)[O-])cc(c23)C(=O)N1Cc1ccccc1. The zero-order valence-corrected chi connectivity index (χ0v) is 13.0. The number of nitro groups is 1. The molecule has 6 nitrogen and oxygen atoms in total. The van der Waals surface area contributed by atoms with Crippen LogP contribution in [-0.4, -0.2) is 21.6 Å². The highest BCUT2D eigenvalue weighted by Gasteiger charge is 2.34. The highest BCUT2D eigenvalue weighted by molar-refractivity contribution is 6.25. The minimum atomic E-state index is -0.534. The van der Waals surface area contributed by atoms with E-state index in [2.05, 4.69) is 0 Å². The number of rotatable bonds is 3. The van der Waals surface area contributed by atoms with E-state index >= 15 is 0 Å². The molecule has 0 saturated carbocycles. The van der Waals surface area contributed by atoms with Gasteiger partial charge in [-0.2, -0.15) is 0 Å². The summed E-state index contributed by atoms with van der Waals surface area (Å²) in [4.78, 5) is 37.5. The molecular formula is C19H12N2O4. The van der Waals surface area contributed by atoms with Crippen LogP contribution in [0.15, 0.2) is 60.7 Å². The van der Waals surface area contributed by atoms with Crippen molar-refractivity contribution in [3.05, 3.63) is 87.5 Å². The summed E-state index contributed by atoms with van der Waals surface area (Å²) in [5.41, 5.74) is 1.22. The van der Waals surface area contributed by atoms with E-state index in [4.69, 9.17) is 0 Å². The number of amides is 2. The lowest BCUT2D eigenvalue weighted by Crippen LogP contribution is -2.39. The van der Waals surface area contributed by atoms with E-state index in [1.54, 1.807) is 18.2 Å². The van der Waals surface area contributed by atoms with Crippen LogP contribution in [-0.2, 0) is 6.54 Å². The van der Waals surface area contributed by atoms with E-state index in [0.29, 0.717) is 16.3 Å². The van der Waals surface area contributed by atoms with E-state index in [0.717, 1.165) is 10.5 Å². The quantitative estimate of drug-likeness (QED) is 0.417. The molecule has 0 N–H and O–H groups in total. The van der Waals surface area contributed by atoms with Gasteiger partial charge in [-0.15, -0.1) is 0 Å². The summed E-state index contributed by atoms with van der Waals surface area (Å²) in [5.74, 6) is -0.901. The predicted octanol–water partition coefficient (Wildman–Crippen LogP) is 3.54. The van der Waals surface area contributed by atoms with Crippen molar-refractivity contribution in [2.75, 3.05) is 0 Å². The third-order valence-electron chi connectivity index (χ3n) is 4.31. The zero-order chi connectivity index (χ0) is 17.6. The number of nitro benzene ring substituents is 1. The smallest absolute Gasteiger partial charge is 0.270 e. The van der Waals surface area contributed by atoms with Gasteiger partial charge in [0.05, 0.1) is 17.0 Å².